The van der Waals surface area contributed by atoms with E-state index in [1.165, 1.54) is 7.11 Å². The van der Waals surface area contributed by atoms with E-state index in [4.69, 9.17) is 14.9 Å². The van der Waals surface area contributed by atoms with E-state index in [0.29, 0.717) is 11.3 Å². The van der Waals surface area contributed by atoms with Crippen LogP contribution in [0.1, 0.15) is 11.5 Å². The first kappa shape index (κ1) is 10.5. The Hall–Kier alpha value is -1.55. The van der Waals surface area contributed by atoms with Gasteiger partial charge in [0, 0.05) is 5.56 Å². The van der Waals surface area contributed by atoms with E-state index in [9.17, 15) is 4.79 Å². The van der Waals surface area contributed by atoms with E-state index in [1.807, 2.05) is 0 Å². The summed E-state index contributed by atoms with van der Waals surface area (Å²) in [6.45, 7) is -0.435. The van der Waals surface area contributed by atoms with Crippen LogP contribution < -0.4 is 4.74 Å². The monoisotopic (exact) mass is 196 g/mol. The highest BCUT2D eigenvalue weighted by molar-refractivity contribution is 5.77. The summed E-state index contributed by atoms with van der Waals surface area (Å²) in [7, 11) is 1.47. The maximum absolute atomic E-state index is 10.8. The second-order valence-corrected chi connectivity index (χ2v) is 2.82. The number of hydrogen-bond donors (Lipinski definition) is 2. The third-order valence-corrected chi connectivity index (χ3v) is 2.00. The van der Waals surface area contributed by atoms with Gasteiger partial charge in [-0.05, 0) is 6.07 Å². The van der Waals surface area contributed by atoms with Gasteiger partial charge >= 0.3 is 5.97 Å². The number of carbonyl (C=O) groups is 1. The lowest BCUT2D eigenvalue weighted by atomic mass is 9.99. The molecule has 0 aliphatic carbocycles. The Kier molecular flexibility index (Phi) is 3.48. The van der Waals surface area contributed by atoms with Crippen molar-refractivity contribution in [3.05, 3.63) is 29.8 Å². The number of rotatable bonds is 4. The molecule has 0 saturated heterocycles. The summed E-state index contributed by atoms with van der Waals surface area (Å²) in [5, 5.41) is 17.8. The molecule has 0 heterocycles. The average molecular weight is 196 g/mol. The summed E-state index contributed by atoms with van der Waals surface area (Å²) in [5.41, 5.74) is 0.491. The normalized spacial score (nSPS) is 12.1. The Balaban J connectivity index is 3.08. The van der Waals surface area contributed by atoms with Gasteiger partial charge in [-0.25, -0.2) is 0 Å². The fourth-order valence-corrected chi connectivity index (χ4v) is 1.26. The van der Waals surface area contributed by atoms with E-state index in [2.05, 4.69) is 0 Å². The van der Waals surface area contributed by atoms with Gasteiger partial charge in [-0.2, -0.15) is 0 Å². The van der Waals surface area contributed by atoms with Gasteiger partial charge in [-0.15, -0.1) is 0 Å². The zero-order valence-corrected chi connectivity index (χ0v) is 7.80. The molecular weight excluding hydrogens is 184 g/mol. The Labute approximate surface area is 81.8 Å². The number of methoxy groups -OCH3 is 1. The van der Waals surface area contributed by atoms with Crippen LogP contribution in [0.2, 0.25) is 0 Å². The second-order valence-electron chi connectivity index (χ2n) is 2.82. The third-order valence-electron chi connectivity index (χ3n) is 2.00. The molecule has 0 aliphatic heterocycles. The van der Waals surface area contributed by atoms with Crippen molar-refractivity contribution in [3.63, 3.8) is 0 Å². The van der Waals surface area contributed by atoms with Crippen LogP contribution in [0.15, 0.2) is 24.3 Å². The summed E-state index contributed by atoms with van der Waals surface area (Å²) in [6, 6.07) is 6.76. The fourth-order valence-electron chi connectivity index (χ4n) is 1.26. The number of hydrogen-bond acceptors (Lipinski definition) is 3. The van der Waals surface area contributed by atoms with Gasteiger partial charge in [0.05, 0.1) is 13.7 Å². The second kappa shape index (κ2) is 4.62. The molecule has 4 nitrogen and oxygen atoms in total. The van der Waals surface area contributed by atoms with E-state index in [1.54, 1.807) is 24.3 Å². The molecule has 2 N–H and O–H groups in total. The van der Waals surface area contributed by atoms with Crippen molar-refractivity contribution in [1.82, 2.24) is 0 Å². The Morgan fingerprint density at radius 3 is 2.64 bits per heavy atom. The molecular formula is C10H12O4. The van der Waals surface area contributed by atoms with Gasteiger partial charge in [-0.1, -0.05) is 18.2 Å². The van der Waals surface area contributed by atoms with E-state index >= 15 is 0 Å². The van der Waals surface area contributed by atoms with Crippen LogP contribution in [0, 0.1) is 0 Å². The van der Waals surface area contributed by atoms with Crippen LogP contribution in [0.5, 0.6) is 5.75 Å². The first-order valence-corrected chi connectivity index (χ1v) is 4.17. The van der Waals surface area contributed by atoms with E-state index in [-0.39, 0.29) is 0 Å². The van der Waals surface area contributed by atoms with Crippen LogP contribution in [0.3, 0.4) is 0 Å². The van der Waals surface area contributed by atoms with Crippen LogP contribution in [0.25, 0.3) is 0 Å². The summed E-state index contributed by atoms with van der Waals surface area (Å²) in [5.74, 6) is -1.50. The van der Waals surface area contributed by atoms with Gasteiger partial charge in [0.15, 0.2) is 0 Å². The molecule has 0 amide bonds. The minimum absolute atomic E-state index is 0.435. The maximum atomic E-state index is 10.8. The highest BCUT2D eigenvalue weighted by atomic mass is 16.5. The van der Waals surface area contributed by atoms with Crippen LogP contribution in [0.4, 0.5) is 0 Å². The molecule has 14 heavy (non-hydrogen) atoms. The molecule has 1 rings (SSSR count). The smallest absolute Gasteiger partial charge is 0.313 e. The Bertz CT molecular complexity index is 322. The van der Waals surface area contributed by atoms with Crippen molar-refractivity contribution in [1.29, 1.82) is 0 Å². The zero-order valence-electron chi connectivity index (χ0n) is 7.80. The summed E-state index contributed by atoms with van der Waals surface area (Å²) in [4.78, 5) is 10.8. The first-order valence-electron chi connectivity index (χ1n) is 4.17. The molecule has 1 aromatic carbocycles. The van der Waals surface area contributed by atoms with Crippen molar-refractivity contribution < 1.29 is 19.7 Å². The van der Waals surface area contributed by atoms with Crippen molar-refractivity contribution in [2.24, 2.45) is 0 Å². The molecule has 1 aromatic rings. The molecule has 0 unspecified atom stereocenters. The SMILES string of the molecule is COc1ccccc1[C@H](CO)C(=O)O. The lowest BCUT2D eigenvalue weighted by Gasteiger charge is -2.13. The number of ether oxygens (including phenoxy) is 1. The van der Waals surface area contributed by atoms with E-state index in [0.717, 1.165) is 0 Å². The van der Waals surface area contributed by atoms with E-state index < -0.39 is 18.5 Å². The number of para-hydroxylation sites is 1. The van der Waals surface area contributed by atoms with Crippen molar-refractivity contribution in [2.45, 2.75) is 5.92 Å². The molecule has 0 radical (unpaired) electrons. The minimum Gasteiger partial charge on any atom is -0.496 e. The number of carboxylic acids is 1. The molecule has 4 heteroatoms. The highest BCUT2D eigenvalue weighted by Crippen LogP contribution is 2.26. The summed E-state index contributed by atoms with van der Waals surface area (Å²) in [6.07, 6.45) is 0. The van der Waals surface area contributed by atoms with Crippen LogP contribution in [-0.2, 0) is 4.79 Å². The van der Waals surface area contributed by atoms with Gasteiger partial charge in [0.25, 0.3) is 0 Å². The maximum Gasteiger partial charge on any atom is 0.313 e. The van der Waals surface area contributed by atoms with Gasteiger partial charge < -0.3 is 14.9 Å². The summed E-state index contributed by atoms with van der Waals surface area (Å²) < 4.78 is 5.00. The lowest BCUT2D eigenvalue weighted by molar-refractivity contribution is -0.139. The standard InChI is InChI=1S/C10H12O4/c1-14-9-5-3-2-4-7(9)8(6-11)10(12)13/h2-5,8,11H,6H2,1H3,(H,12,13)/t8-/m0/s1. The topological polar surface area (TPSA) is 66.8 Å². The number of carboxylic acid groups (broad SMARTS) is 1. The van der Waals surface area contributed by atoms with Crippen molar-refractivity contribution in [3.8, 4) is 5.75 Å². The molecule has 0 aromatic heterocycles. The van der Waals surface area contributed by atoms with Crippen LogP contribution in [-0.4, -0.2) is 29.9 Å². The minimum atomic E-state index is -1.06. The third kappa shape index (κ3) is 2.03. The molecule has 0 saturated carbocycles. The highest BCUT2D eigenvalue weighted by Gasteiger charge is 2.21. The zero-order chi connectivity index (χ0) is 10.6. The van der Waals surface area contributed by atoms with Crippen molar-refractivity contribution in [2.75, 3.05) is 13.7 Å². The molecule has 0 bridgehead atoms. The predicted molar refractivity (Wildman–Crippen MR) is 50.5 cm³/mol. The lowest BCUT2D eigenvalue weighted by Crippen LogP contribution is -2.16. The van der Waals surface area contributed by atoms with Gasteiger partial charge in [-0.3, -0.25) is 4.79 Å². The van der Waals surface area contributed by atoms with Gasteiger partial charge in [0.2, 0.25) is 0 Å². The van der Waals surface area contributed by atoms with Crippen LogP contribution >= 0.6 is 0 Å². The molecule has 76 valence electrons. The number of aliphatic hydroxyl groups is 1. The first-order chi connectivity index (χ1) is 6.70. The molecule has 1 atom stereocenters. The largest absolute Gasteiger partial charge is 0.496 e. The number of aliphatic carboxylic acids is 1. The number of aliphatic hydroxyl groups excluding tert-OH is 1. The number of benzene rings is 1. The summed E-state index contributed by atoms with van der Waals surface area (Å²) >= 11 is 0. The Morgan fingerprint density at radius 1 is 1.50 bits per heavy atom. The van der Waals surface area contributed by atoms with Gasteiger partial charge in [0.1, 0.15) is 11.7 Å². The molecule has 0 fully saturated rings. The molecule has 0 aliphatic rings. The predicted octanol–water partition coefficient (Wildman–Crippen LogP) is 0.856. The fraction of sp³-hybridized carbons (Fsp3) is 0.300. The van der Waals surface area contributed by atoms with Crippen molar-refractivity contribution >= 4 is 5.97 Å². The Morgan fingerprint density at radius 2 is 2.14 bits per heavy atom. The average Bonchev–Trinajstić information content (AvgIpc) is 2.19. The molecule has 0 spiro atoms. The quantitative estimate of drug-likeness (QED) is 0.749.